The van der Waals surface area contributed by atoms with E-state index in [9.17, 15) is 4.79 Å². The molecule has 1 heterocycles. The Morgan fingerprint density at radius 3 is 2.69 bits per heavy atom. The molecule has 1 fully saturated rings. The third-order valence-electron chi connectivity index (χ3n) is 2.20. The molecule has 0 radical (unpaired) electrons. The molecule has 1 aromatic rings. The summed E-state index contributed by atoms with van der Waals surface area (Å²) in [6, 6.07) is 5.71. The summed E-state index contributed by atoms with van der Waals surface area (Å²) >= 11 is 4.69. The Balaban J connectivity index is 2.29. The molecule has 0 aliphatic heterocycles. The van der Waals surface area contributed by atoms with Crippen LogP contribution in [0.15, 0.2) is 15.9 Å². The van der Waals surface area contributed by atoms with Gasteiger partial charge >= 0.3 is 0 Å². The van der Waals surface area contributed by atoms with Crippen molar-refractivity contribution in [2.75, 3.05) is 0 Å². The van der Waals surface area contributed by atoms with Crippen molar-refractivity contribution in [3.8, 4) is 6.07 Å². The zero-order valence-electron chi connectivity index (χ0n) is 6.71. The first-order valence-electron chi connectivity index (χ1n) is 3.89. The number of halogens is 1. The lowest BCUT2D eigenvalue weighted by molar-refractivity contribution is 0.0939. The van der Waals surface area contributed by atoms with Crippen molar-refractivity contribution < 1.29 is 4.79 Å². The first-order valence-corrected chi connectivity index (χ1v) is 5.50. The summed E-state index contributed by atoms with van der Waals surface area (Å²) < 4.78 is 0.935. The van der Waals surface area contributed by atoms with Gasteiger partial charge in [-0.2, -0.15) is 5.26 Å². The second-order valence-electron chi connectivity index (χ2n) is 3.13. The van der Waals surface area contributed by atoms with Crippen LogP contribution in [0.4, 0.5) is 0 Å². The highest BCUT2D eigenvalue weighted by Crippen LogP contribution is 2.48. The molecular formula is C9H6BrNOS. The predicted octanol–water partition coefficient (Wildman–Crippen LogP) is 3.00. The summed E-state index contributed by atoms with van der Waals surface area (Å²) in [5.74, 6) is -0.00861. The molecule has 0 N–H and O–H groups in total. The van der Waals surface area contributed by atoms with E-state index in [1.807, 2.05) is 6.07 Å². The Hall–Kier alpha value is -0.660. The van der Waals surface area contributed by atoms with Crippen LogP contribution in [0, 0.1) is 16.7 Å². The van der Waals surface area contributed by atoms with Crippen LogP contribution in [-0.2, 0) is 0 Å². The SMILES string of the molecule is N#CC1(C(=O)c2ccc(Br)s2)CC1. The van der Waals surface area contributed by atoms with Gasteiger partial charge in [0.05, 0.1) is 14.7 Å². The topological polar surface area (TPSA) is 40.9 Å². The van der Waals surface area contributed by atoms with Crippen molar-refractivity contribution in [3.05, 3.63) is 20.8 Å². The average molecular weight is 256 g/mol. The van der Waals surface area contributed by atoms with Gasteiger partial charge in [0, 0.05) is 0 Å². The second-order valence-corrected chi connectivity index (χ2v) is 5.59. The van der Waals surface area contributed by atoms with Crippen LogP contribution in [0.2, 0.25) is 0 Å². The first kappa shape index (κ1) is 8.92. The van der Waals surface area contributed by atoms with Crippen LogP contribution in [0.3, 0.4) is 0 Å². The lowest BCUT2D eigenvalue weighted by Gasteiger charge is -1.99. The van der Waals surface area contributed by atoms with Crippen LogP contribution in [-0.4, -0.2) is 5.78 Å². The van der Waals surface area contributed by atoms with E-state index < -0.39 is 5.41 Å². The predicted molar refractivity (Wildman–Crippen MR) is 53.6 cm³/mol. The molecule has 13 heavy (non-hydrogen) atoms. The molecule has 4 heteroatoms. The molecule has 0 saturated heterocycles. The molecule has 2 nitrogen and oxygen atoms in total. The standard InChI is InChI=1S/C9H6BrNOS/c10-7-2-1-6(13-7)8(12)9(5-11)3-4-9/h1-2H,3-4H2. The third-order valence-corrected chi connectivity index (χ3v) is 3.82. The molecule has 0 spiro atoms. The minimum atomic E-state index is -0.676. The molecule has 1 aromatic heterocycles. The van der Waals surface area contributed by atoms with Crippen LogP contribution in [0.25, 0.3) is 0 Å². The van der Waals surface area contributed by atoms with Crippen molar-refractivity contribution in [3.63, 3.8) is 0 Å². The van der Waals surface area contributed by atoms with Gasteiger partial charge in [0.15, 0.2) is 5.78 Å². The van der Waals surface area contributed by atoms with Crippen molar-refractivity contribution >= 4 is 33.0 Å². The molecule has 1 saturated carbocycles. The number of Topliss-reactive ketones (excluding diaryl/α,β-unsaturated/α-hetero) is 1. The van der Waals surface area contributed by atoms with E-state index in [0.29, 0.717) is 4.88 Å². The molecule has 0 amide bonds. The summed E-state index contributed by atoms with van der Waals surface area (Å²) in [5.41, 5.74) is -0.676. The molecule has 0 unspecified atom stereocenters. The molecule has 0 aromatic carbocycles. The van der Waals surface area contributed by atoms with Gasteiger partial charge in [0.2, 0.25) is 0 Å². The zero-order chi connectivity index (χ0) is 9.47. The number of thiophene rings is 1. The Labute approximate surface area is 88.3 Å². The minimum absolute atomic E-state index is 0.00861. The number of rotatable bonds is 2. The van der Waals surface area contributed by atoms with Crippen molar-refractivity contribution in [1.29, 1.82) is 5.26 Å². The number of ketones is 1. The van der Waals surface area contributed by atoms with Crippen molar-refractivity contribution in [1.82, 2.24) is 0 Å². The van der Waals surface area contributed by atoms with Gasteiger partial charge in [-0.25, -0.2) is 0 Å². The molecule has 2 rings (SSSR count). The van der Waals surface area contributed by atoms with Gasteiger partial charge in [0.1, 0.15) is 5.41 Å². The van der Waals surface area contributed by atoms with E-state index in [-0.39, 0.29) is 5.78 Å². The van der Waals surface area contributed by atoms with Crippen LogP contribution < -0.4 is 0 Å². The highest BCUT2D eigenvalue weighted by Gasteiger charge is 2.51. The largest absolute Gasteiger partial charge is 0.291 e. The lowest BCUT2D eigenvalue weighted by atomic mass is 10.0. The number of carbonyl (C=O) groups is 1. The fourth-order valence-electron chi connectivity index (χ4n) is 1.19. The monoisotopic (exact) mass is 255 g/mol. The van der Waals surface area contributed by atoms with Gasteiger partial charge in [-0.15, -0.1) is 11.3 Å². The summed E-state index contributed by atoms with van der Waals surface area (Å²) in [5, 5.41) is 8.82. The maximum Gasteiger partial charge on any atom is 0.192 e. The van der Waals surface area contributed by atoms with Gasteiger partial charge < -0.3 is 0 Å². The van der Waals surface area contributed by atoms with E-state index in [0.717, 1.165) is 16.6 Å². The summed E-state index contributed by atoms with van der Waals surface area (Å²) in [4.78, 5) is 12.4. The van der Waals surface area contributed by atoms with Gasteiger partial charge in [0.25, 0.3) is 0 Å². The van der Waals surface area contributed by atoms with Crippen molar-refractivity contribution in [2.45, 2.75) is 12.8 Å². The summed E-state index contributed by atoms with van der Waals surface area (Å²) in [6.07, 6.45) is 1.44. The fraction of sp³-hybridized carbons (Fsp3) is 0.333. The lowest BCUT2D eigenvalue weighted by Crippen LogP contribution is -2.11. The van der Waals surface area contributed by atoms with Gasteiger partial charge in [-0.05, 0) is 40.9 Å². The minimum Gasteiger partial charge on any atom is -0.291 e. The van der Waals surface area contributed by atoms with E-state index in [2.05, 4.69) is 22.0 Å². The molecular weight excluding hydrogens is 250 g/mol. The smallest absolute Gasteiger partial charge is 0.192 e. The number of hydrogen-bond acceptors (Lipinski definition) is 3. The fourth-order valence-corrected chi connectivity index (χ4v) is 2.61. The number of nitriles is 1. The van der Waals surface area contributed by atoms with Gasteiger partial charge in [-0.3, -0.25) is 4.79 Å². The van der Waals surface area contributed by atoms with Gasteiger partial charge in [-0.1, -0.05) is 0 Å². The van der Waals surface area contributed by atoms with Crippen LogP contribution >= 0.6 is 27.3 Å². The number of carbonyl (C=O) groups excluding carboxylic acids is 1. The van der Waals surface area contributed by atoms with Crippen molar-refractivity contribution in [2.24, 2.45) is 5.41 Å². The van der Waals surface area contributed by atoms with E-state index >= 15 is 0 Å². The molecule has 0 bridgehead atoms. The Bertz CT molecular complexity index is 400. The maximum atomic E-state index is 11.7. The number of hydrogen-bond donors (Lipinski definition) is 0. The highest BCUT2D eigenvalue weighted by atomic mass is 79.9. The Morgan fingerprint density at radius 1 is 1.62 bits per heavy atom. The second kappa shape index (κ2) is 2.93. The highest BCUT2D eigenvalue weighted by molar-refractivity contribution is 9.11. The summed E-state index contributed by atoms with van der Waals surface area (Å²) in [6.45, 7) is 0. The van der Waals surface area contributed by atoms with Crippen LogP contribution in [0.1, 0.15) is 22.5 Å². The normalized spacial score (nSPS) is 17.8. The molecule has 66 valence electrons. The van der Waals surface area contributed by atoms with E-state index in [1.54, 1.807) is 6.07 Å². The average Bonchev–Trinajstić information content (AvgIpc) is 2.82. The quantitative estimate of drug-likeness (QED) is 0.763. The van der Waals surface area contributed by atoms with E-state index in [1.165, 1.54) is 11.3 Å². The Morgan fingerprint density at radius 2 is 2.31 bits per heavy atom. The summed E-state index contributed by atoms with van der Waals surface area (Å²) in [7, 11) is 0. The first-order chi connectivity index (χ1) is 6.18. The van der Waals surface area contributed by atoms with Crippen LogP contribution in [0.5, 0.6) is 0 Å². The molecule has 0 atom stereocenters. The maximum absolute atomic E-state index is 11.7. The van der Waals surface area contributed by atoms with E-state index in [4.69, 9.17) is 5.26 Å². The molecule has 1 aliphatic carbocycles. The third kappa shape index (κ3) is 1.43. The zero-order valence-corrected chi connectivity index (χ0v) is 9.11. The Kier molecular flexibility index (Phi) is 2.01. The molecule has 1 aliphatic rings. The number of nitrogens with zero attached hydrogens (tertiary/aromatic N) is 1.